The second-order valence-corrected chi connectivity index (χ2v) is 2.30. The molecule has 59 valence electrons. The van der Waals surface area contributed by atoms with Crippen LogP contribution in [0.5, 0.6) is 11.5 Å². The Morgan fingerprint density at radius 2 is 2.27 bits per heavy atom. The molecule has 1 aromatic carbocycles. The van der Waals surface area contributed by atoms with E-state index in [1.54, 1.807) is 13.2 Å². The lowest BCUT2D eigenvalue weighted by Gasteiger charge is -2.02. The van der Waals surface area contributed by atoms with Gasteiger partial charge < -0.3 is 9.84 Å². The maximum Gasteiger partial charge on any atom is 0.130 e. The molecule has 1 radical (unpaired) electrons. The lowest BCUT2D eigenvalue weighted by molar-refractivity contribution is 0.405. The third-order valence-electron chi connectivity index (χ3n) is 1.52. The number of phenols is 1. The van der Waals surface area contributed by atoms with E-state index in [-0.39, 0.29) is 5.75 Å². The number of aromatic hydroxyl groups is 1. The smallest absolute Gasteiger partial charge is 0.130 e. The Bertz CT molecular complexity index is 221. The summed E-state index contributed by atoms with van der Waals surface area (Å²) in [5.41, 5.74) is 1.05. The molecule has 0 fully saturated rings. The van der Waals surface area contributed by atoms with Crippen LogP contribution < -0.4 is 4.74 Å². The first-order chi connectivity index (χ1) is 5.26. The molecule has 0 aliphatic carbocycles. The molecule has 2 nitrogen and oxygen atoms in total. The van der Waals surface area contributed by atoms with Gasteiger partial charge in [0.2, 0.25) is 0 Å². The number of methoxy groups -OCH3 is 1. The van der Waals surface area contributed by atoms with Crippen molar-refractivity contribution in [1.29, 1.82) is 0 Å². The van der Waals surface area contributed by atoms with E-state index in [9.17, 15) is 0 Å². The van der Waals surface area contributed by atoms with E-state index in [2.05, 4.69) is 6.07 Å². The van der Waals surface area contributed by atoms with E-state index >= 15 is 0 Å². The Kier molecular flexibility index (Phi) is 2.36. The average molecular weight is 151 g/mol. The molecule has 1 aromatic rings. The van der Waals surface area contributed by atoms with Crippen LogP contribution in [0.1, 0.15) is 12.5 Å². The van der Waals surface area contributed by atoms with E-state index in [1.807, 2.05) is 13.0 Å². The van der Waals surface area contributed by atoms with Crippen molar-refractivity contribution in [2.45, 2.75) is 13.3 Å². The summed E-state index contributed by atoms with van der Waals surface area (Å²) in [6.07, 6.45) is 0.888. The lowest BCUT2D eigenvalue weighted by atomic mass is 10.1. The molecule has 1 rings (SSSR count). The van der Waals surface area contributed by atoms with Gasteiger partial charge >= 0.3 is 0 Å². The summed E-state index contributed by atoms with van der Waals surface area (Å²) in [5.74, 6) is 0.725. The van der Waals surface area contributed by atoms with Gasteiger partial charge in [0, 0.05) is 0 Å². The predicted octanol–water partition coefficient (Wildman–Crippen LogP) is 1.76. The topological polar surface area (TPSA) is 29.5 Å². The fraction of sp³-hybridized carbons (Fsp3) is 0.333. The maximum atomic E-state index is 9.12. The summed E-state index contributed by atoms with van der Waals surface area (Å²) in [6, 6.07) is 6.21. The van der Waals surface area contributed by atoms with Crippen LogP contribution in [-0.2, 0) is 6.42 Å². The van der Waals surface area contributed by atoms with E-state index in [0.717, 1.165) is 12.0 Å². The van der Waals surface area contributed by atoms with E-state index in [0.29, 0.717) is 5.75 Å². The van der Waals surface area contributed by atoms with Crippen LogP contribution in [0.15, 0.2) is 12.1 Å². The second-order valence-electron chi connectivity index (χ2n) is 2.30. The van der Waals surface area contributed by atoms with Crippen LogP contribution in [0, 0.1) is 6.07 Å². The molecule has 0 heterocycles. The highest BCUT2D eigenvalue weighted by Gasteiger charge is 1.97. The van der Waals surface area contributed by atoms with Gasteiger partial charge in [-0.15, -0.1) is 0 Å². The van der Waals surface area contributed by atoms with Gasteiger partial charge in [-0.3, -0.25) is 0 Å². The Balaban J connectivity index is 3.02. The molecular formula is C9H11O2. The zero-order chi connectivity index (χ0) is 8.27. The van der Waals surface area contributed by atoms with Crippen LogP contribution in [-0.4, -0.2) is 12.2 Å². The van der Waals surface area contributed by atoms with Crippen LogP contribution >= 0.6 is 0 Å². The number of phenolic OH excluding ortho intramolecular Hbond substituents is 1. The number of hydrogen-bond acceptors (Lipinski definition) is 2. The maximum absolute atomic E-state index is 9.12. The van der Waals surface area contributed by atoms with Crippen molar-refractivity contribution in [3.05, 3.63) is 23.8 Å². The van der Waals surface area contributed by atoms with Gasteiger partial charge in [-0.1, -0.05) is 6.92 Å². The minimum atomic E-state index is 0.140. The molecule has 2 heteroatoms. The van der Waals surface area contributed by atoms with Crippen LogP contribution in [0.25, 0.3) is 0 Å². The third-order valence-corrected chi connectivity index (χ3v) is 1.52. The van der Waals surface area contributed by atoms with Crippen molar-refractivity contribution < 1.29 is 9.84 Å². The van der Waals surface area contributed by atoms with Crippen molar-refractivity contribution in [2.75, 3.05) is 7.11 Å². The summed E-state index contributed by atoms with van der Waals surface area (Å²) < 4.78 is 4.92. The van der Waals surface area contributed by atoms with Gasteiger partial charge in [-0.05, 0) is 24.1 Å². The van der Waals surface area contributed by atoms with Crippen molar-refractivity contribution >= 4 is 0 Å². The van der Waals surface area contributed by atoms with E-state index in [4.69, 9.17) is 9.84 Å². The lowest BCUT2D eigenvalue weighted by Crippen LogP contribution is -1.85. The largest absolute Gasteiger partial charge is 0.507 e. The third kappa shape index (κ3) is 1.87. The molecule has 0 aliphatic rings. The normalized spacial score (nSPS) is 9.64. The van der Waals surface area contributed by atoms with Crippen molar-refractivity contribution in [3.63, 3.8) is 0 Å². The van der Waals surface area contributed by atoms with Crippen LogP contribution in [0.3, 0.4) is 0 Å². The predicted molar refractivity (Wildman–Crippen MR) is 42.9 cm³/mol. The zero-order valence-corrected chi connectivity index (χ0v) is 6.72. The second kappa shape index (κ2) is 3.28. The first kappa shape index (κ1) is 7.92. The number of rotatable bonds is 2. The van der Waals surface area contributed by atoms with E-state index in [1.165, 1.54) is 0 Å². The minimum Gasteiger partial charge on any atom is -0.507 e. The fourth-order valence-electron chi connectivity index (χ4n) is 0.898. The highest BCUT2D eigenvalue weighted by molar-refractivity contribution is 5.35. The Morgan fingerprint density at radius 1 is 1.55 bits per heavy atom. The molecule has 0 saturated carbocycles. The summed E-state index contributed by atoms with van der Waals surface area (Å²) >= 11 is 0. The molecule has 11 heavy (non-hydrogen) atoms. The summed E-state index contributed by atoms with van der Waals surface area (Å²) in [6.45, 7) is 2.02. The van der Waals surface area contributed by atoms with Gasteiger partial charge in [0.05, 0.1) is 13.2 Å². The summed E-state index contributed by atoms with van der Waals surface area (Å²) in [4.78, 5) is 0. The number of aryl methyl sites for hydroxylation is 1. The van der Waals surface area contributed by atoms with Gasteiger partial charge in [-0.25, -0.2) is 0 Å². The first-order valence-corrected chi connectivity index (χ1v) is 3.55. The Morgan fingerprint density at radius 3 is 2.82 bits per heavy atom. The number of benzene rings is 1. The first-order valence-electron chi connectivity index (χ1n) is 3.55. The van der Waals surface area contributed by atoms with Gasteiger partial charge in [-0.2, -0.15) is 0 Å². The molecule has 0 bridgehead atoms. The number of ether oxygens (including phenoxy) is 1. The monoisotopic (exact) mass is 151 g/mol. The quantitative estimate of drug-likeness (QED) is 0.698. The molecule has 0 unspecified atom stereocenters. The van der Waals surface area contributed by atoms with Crippen molar-refractivity contribution in [3.8, 4) is 11.5 Å². The molecule has 0 atom stereocenters. The number of hydrogen-bond donors (Lipinski definition) is 1. The molecular weight excluding hydrogens is 140 g/mol. The van der Waals surface area contributed by atoms with E-state index < -0.39 is 0 Å². The zero-order valence-electron chi connectivity index (χ0n) is 6.72. The molecule has 0 aliphatic heterocycles. The molecule has 0 aromatic heterocycles. The van der Waals surface area contributed by atoms with Crippen molar-refractivity contribution in [1.82, 2.24) is 0 Å². The SMILES string of the molecule is CCc1cc(O)[c]c(OC)c1. The molecule has 0 spiro atoms. The molecule has 0 amide bonds. The summed E-state index contributed by atoms with van der Waals surface area (Å²) in [5, 5.41) is 9.12. The Labute approximate surface area is 66.4 Å². The molecule has 0 saturated heterocycles. The van der Waals surface area contributed by atoms with Crippen LogP contribution in [0.4, 0.5) is 0 Å². The van der Waals surface area contributed by atoms with Gasteiger partial charge in [0.25, 0.3) is 0 Å². The summed E-state index contributed by atoms with van der Waals surface area (Å²) in [7, 11) is 1.56. The van der Waals surface area contributed by atoms with Crippen LogP contribution in [0.2, 0.25) is 0 Å². The van der Waals surface area contributed by atoms with Gasteiger partial charge in [0.1, 0.15) is 11.5 Å². The highest BCUT2D eigenvalue weighted by atomic mass is 16.5. The fourth-order valence-corrected chi connectivity index (χ4v) is 0.898. The van der Waals surface area contributed by atoms with Crippen molar-refractivity contribution in [2.24, 2.45) is 0 Å². The average Bonchev–Trinajstić information content (AvgIpc) is 2.03. The standard InChI is InChI=1S/C9H11O2/c1-3-7-4-8(10)6-9(5-7)11-2/h4-5,10H,3H2,1-2H3. The highest BCUT2D eigenvalue weighted by Crippen LogP contribution is 2.20. The minimum absolute atomic E-state index is 0.140. The van der Waals surface area contributed by atoms with Gasteiger partial charge in [0.15, 0.2) is 0 Å². The molecule has 1 N–H and O–H groups in total. The Hall–Kier alpha value is -1.18.